The van der Waals surface area contributed by atoms with Crippen LogP contribution in [0.4, 0.5) is 13.2 Å². The number of morpholine rings is 1. The highest BCUT2D eigenvalue weighted by molar-refractivity contribution is 7.89. The summed E-state index contributed by atoms with van der Waals surface area (Å²) in [6, 6.07) is 5.80. The lowest BCUT2D eigenvalue weighted by Gasteiger charge is -2.25. The van der Waals surface area contributed by atoms with Crippen LogP contribution < -0.4 is 5.32 Å². The lowest BCUT2D eigenvalue weighted by molar-refractivity contribution is -0.137. The van der Waals surface area contributed by atoms with Crippen LogP contribution in [0.5, 0.6) is 0 Å². The molecule has 1 aliphatic heterocycles. The molecule has 0 atom stereocenters. The quantitative estimate of drug-likeness (QED) is 0.778. The lowest BCUT2D eigenvalue weighted by Crippen LogP contribution is -2.40. The number of sulfonamides is 1. The van der Waals surface area contributed by atoms with Crippen LogP contribution in [0.2, 0.25) is 0 Å². The highest BCUT2D eigenvalue weighted by atomic mass is 32.2. The standard InChI is InChI=1S/C17H18F3N3O4S/c18-17(19,20)13-3-1-2-12(8-13)10-22-16(24)15-9-14(11-21-15)28(25,26)23-4-6-27-7-5-23/h1-3,8-9,11,21H,4-7,10H2,(H,22,24). The third-order valence-electron chi connectivity index (χ3n) is 4.22. The Hall–Kier alpha value is -2.37. The van der Waals surface area contributed by atoms with Gasteiger partial charge in [0.25, 0.3) is 5.91 Å². The third-order valence-corrected chi connectivity index (χ3v) is 6.09. The van der Waals surface area contributed by atoms with Crippen LogP contribution in [0.25, 0.3) is 0 Å². The molecule has 2 heterocycles. The Bertz CT molecular complexity index is 951. The molecule has 7 nitrogen and oxygen atoms in total. The molecule has 0 aliphatic carbocycles. The van der Waals surface area contributed by atoms with Gasteiger partial charge in [0.15, 0.2) is 0 Å². The molecule has 0 saturated carbocycles. The van der Waals surface area contributed by atoms with Gasteiger partial charge in [-0.1, -0.05) is 12.1 Å². The highest BCUT2D eigenvalue weighted by Gasteiger charge is 2.30. The molecule has 152 valence electrons. The van der Waals surface area contributed by atoms with Gasteiger partial charge in [0.1, 0.15) is 10.6 Å². The smallest absolute Gasteiger partial charge is 0.379 e. The van der Waals surface area contributed by atoms with Crippen LogP contribution in [0.1, 0.15) is 21.6 Å². The van der Waals surface area contributed by atoms with E-state index in [0.717, 1.165) is 12.1 Å². The van der Waals surface area contributed by atoms with Gasteiger partial charge in [-0.05, 0) is 23.8 Å². The molecule has 1 aliphatic rings. The Kier molecular flexibility index (Phi) is 5.77. The van der Waals surface area contributed by atoms with Crippen LogP contribution >= 0.6 is 0 Å². The molecule has 0 radical (unpaired) electrons. The van der Waals surface area contributed by atoms with Gasteiger partial charge in [0, 0.05) is 25.8 Å². The average Bonchev–Trinajstić information content (AvgIpc) is 3.17. The van der Waals surface area contributed by atoms with Crippen LogP contribution in [-0.4, -0.2) is 49.9 Å². The summed E-state index contributed by atoms with van der Waals surface area (Å²) in [6.45, 7) is 0.921. The van der Waals surface area contributed by atoms with Crippen LogP contribution in [0.15, 0.2) is 41.4 Å². The van der Waals surface area contributed by atoms with Gasteiger partial charge in [0.2, 0.25) is 10.0 Å². The summed E-state index contributed by atoms with van der Waals surface area (Å²) in [6.07, 6.45) is -3.26. The monoisotopic (exact) mass is 417 g/mol. The molecule has 28 heavy (non-hydrogen) atoms. The van der Waals surface area contributed by atoms with Crippen molar-refractivity contribution in [1.82, 2.24) is 14.6 Å². The van der Waals surface area contributed by atoms with Crippen molar-refractivity contribution >= 4 is 15.9 Å². The second kappa shape index (κ2) is 7.94. The van der Waals surface area contributed by atoms with Crippen molar-refractivity contribution in [3.05, 3.63) is 53.3 Å². The molecule has 0 spiro atoms. The van der Waals surface area contributed by atoms with Gasteiger partial charge < -0.3 is 15.0 Å². The molecular weight excluding hydrogens is 399 g/mol. The van der Waals surface area contributed by atoms with E-state index < -0.39 is 27.7 Å². The fourth-order valence-corrected chi connectivity index (χ4v) is 4.13. The molecule has 2 N–H and O–H groups in total. The number of alkyl halides is 3. The Morgan fingerprint density at radius 2 is 1.93 bits per heavy atom. The fraction of sp³-hybridized carbons (Fsp3) is 0.353. The third kappa shape index (κ3) is 4.54. The lowest BCUT2D eigenvalue weighted by atomic mass is 10.1. The number of carbonyl (C=O) groups is 1. The maximum atomic E-state index is 12.7. The molecule has 3 rings (SSSR count). The number of hydrogen-bond donors (Lipinski definition) is 2. The largest absolute Gasteiger partial charge is 0.416 e. The SMILES string of the molecule is O=C(NCc1cccc(C(F)(F)F)c1)c1cc(S(=O)(=O)N2CCOCC2)c[nH]1. The van der Waals surface area contributed by atoms with Crippen molar-refractivity contribution in [3.63, 3.8) is 0 Å². The fourth-order valence-electron chi connectivity index (χ4n) is 2.73. The van der Waals surface area contributed by atoms with E-state index in [-0.39, 0.29) is 35.8 Å². The second-order valence-electron chi connectivity index (χ2n) is 6.15. The number of hydrogen-bond acceptors (Lipinski definition) is 4. The van der Waals surface area contributed by atoms with Crippen molar-refractivity contribution in [3.8, 4) is 0 Å². The Balaban J connectivity index is 1.66. The van der Waals surface area contributed by atoms with E-state index in [9.17, 15) is 26.4 Å². The maximum Gasteiger partial charge on any atom is 0.416 e. The summed E-state index contributed by atoms with van der Waals surface area (Å²) in [4.78, 5) is 14.8. The minimum Gasteiger partial charge on any atom is -0.379 e. The minimum atomic E-state index is -4.47. The Labute approximate surface area is 159 Å². The van der Waals surface area contributed by atoms with E-state index in [4.69, 9.17) is 4.74 Å². The normalized spacial score (nSPS) is 16.1. The van der Waals surface area contributed by atoms with Crippen LogP contribution in [0.3, 0.4) is 0 Å². The number of carbonyl (C=O) groups excluding carboxylic acids is 1. The molecule has 1 amide bonds. The van der Waals surface area contributed by atoms with Crippen molar-refractivity contribution in [2.75, 3.05) is 26.3 Å². The Morgan fingerprint density at radius 1 is 1.21 bits per heavy atom. The number of benzene rings is 1. The first kappa shape index (κ1) is 20.4. The number of aromatic nitrogens is 1. The minimum absolute atomic E-state index is 0.00110. The van der Waals surface area contributed by atoms with Gasteiger partial charge in [-0.3, -0.25) is 4.79 Å². The summed E-state index contributed by atoms with van der Waals surface area (Å²) < 4.78 is 69.7. The number of amides is 1. The van der Waals surface area contributed by atoms with E-state index in [1.165, 1.54) is 28.7 Å². The van der Waals surface area contributed by atoms with Gasteiger partial charge in [-0.25, -0.2) is 8.42 Å². The molecule has 1 aromatic carbocycles. The molecule has 1 aromatic heterocycles. The van der Waals surface area contributed by atoms with Crippen molar-refractivity contribution in [1.29, 1.82) is 0 Å². The molecule has 1 fully saturated rings. The zero-order valence-electron chi connectivity index (χ0n) is 14.6. The topological polar surface area (TPSA) is 91.5 Å². The van der Waals surface area contributed by atoms with Gasteiger partial charge in [0.05, 0.1) is 18.8 Å². The van der Waals surface area contributed by atoms with E-state index in [1.54, 1.807) is 0 Å². The van der Waals surface area contributed by atoms with Crippen molar-refractivity contribution in [2.24, 2.45) is 0 Å². The second-order valence-corrected chi connectivity index (χ2v) is 8.08. The maximum absolute atomic E-state index is 12.7. The molecule has 0 bridgehead atoms. The van der Waals surface area contributed by atoms with Gasteiger partial charge in [-0.2, -0.15) is 17.5 Å². The van der Waals surface area contributed by atoms with E-state index in [1.807, 2.05) is 0 Å². The van der Waals surface area contributed by atoms with E-state index in [0.29, 0.717) is 13.2 Å². The average molecular weight is 417 g/mol. The highest BCUT2D eigenvalue weighted by Crippen LogP contribution is 2.29. The number of aromatic amines is 1. The van der Waals surface area contributed by atoms with E-state index >= 15 is 0 Å². The van der Waals surface area contributed by atoms with Gasteiger partial charge in [-0.15, -0.1) is 0 Å². The van der Waals surface area contributed by atoms with E-state index in [2.05, 4.69) is 10.3 Å². The van der Waals surface area contributed by atoms with Crippen LogP contribution in [0, 0.1) is 0 Å². The first-order chi connectivity index (χ1) is 13.2. The molecule has 2 aromatic rings. The molecule has 11 heteroatoms. The van der Waals surface area contributed by atoms with Crippen molar-refractivity contribution < 1.29 is 31.1 Å². The summed E-state index contributed by atoms with van der Waals surface area (Å²) in [7, 11) is -3.75. The number of nitrogens with one attached hydrogen (secondary N) is 2. The van der Waals surface area contributed by atoms with Gasteiger partial charge >= 0.3 is 6.18 Å². The van der Waals surface area contributed by atoms with Crippen molar-refractivity contribution in [2.45, 2.75) is 17.6 Å². The first-order valence-electron chi connectivity index (χ1n) is 8.38. The number of ether oxygens (including phenoxy) is 1. The summed E-state index contributed by atoms with van der Waals surface area (Å²) in [5.41, 5.74) is -0.535. The predicted octanol–water partition coefficient (Wildman–Crippen LogP) is 1.98. The molecule has 1 saturated heterocycles. The summed E-state index contributed by atoms with van der Waals surface area (Å²) in [5, 5.41) is 2.47. The summed E-state index contributed by atoms with van der Waals surface area (Å²) >= 11 is 0. The zero-order chi connectivity index (χ0) is 20.4. The number of rotatable bonds is 5. The zero-order valence-corrected chi connectivity index (χ0v) is 15.4. The Morgan fingerprint density at radius 3 is 2.61 bits per heavy atom. The molecular formula is C17H18F3N3O4S. The number of nitrogens with zero attached hydrogens (tertiary/aromatic N) is 1. The number of H-pyrrole nitrogens is 1. The molecule has 0 unspecified atom stereocenters. The first-order valence-corrected chi connectivity index (χ1v) is 9.82. The number of halogens is 3. The summed E-state index contributed by atoms with van der Waals surface area (Å²) in [5.74, 6) is -0.624. The predicted molar refractivity (Wildman–Crippen MR) is 93.0 cm³/mol. The van der Waals surface area contributed by atoms with Crippen LogP contribution in [-0.2, 0) is 27.5 Å².